The Morgan fingerprint density at radius 2 is 0.952 bits per heavy atom. The first-order chi connectivity index (χ1) is 20.8. The smallest absolute Gasteiger partial charge is 0.161 e. The molecule has 0 aliphatic heterocycles. The standard InChI is InChI=1S/C38H20N2S2/c1-2-12-30-26(10-1)35-33(41-30)17-15-28-36-25-9-4-8-23(19-25)21-6-3-7-22(18-21)24-14-16-31-29(20-24)34-27(11-5-13-32(34)42-31)38(39-36)40-37(28)35/h1-20H. The van der Waals surface area contributed by atoms with E-state index in [4.69, 9.17) is 9.97 Å². The van der Waals surface area contributed by atoms with Crippen LogP contribution in [0.5, 0.6) is 0 Å². The van der Waals surface area contributed by atoms with Crippen molar-refractivity contribution in [2.45, 2.75) is 0 Å². The van der Waals surface area contributed by atoms with Crippen LogP contribution in [0.2, 0.25) is 0 Å². The third kappa shape index (κ3) is 3.14. The molecule has 0 saturated heterocycles. The zero-order chi connectivity index (χ0) is 27.4. The lowest BCUT2D eigenvalue weighted by molar-refractivity contribution is 1.39. The van der Waals surface area contributed by atoms with E-state index in [1.54, 1.807) is 0 Å². The van der Waals surface area contributed by atoms with Gasteiger partial charge in [-0.2, -0.15) is 0 Å². The molecule has 10 aromatic rings. The summed E-state index contributed by atoms with van der Waals surface area (Å²) >= 11 is 3.67. The van der Waals surface area contributed by atoms with Gasteiger partial charge in [0.05, 0.1) is 11.0 Å². The Balaban J connectivity index is 1.56. The van der Waals surface area contributed by atoms with Gasteiger partial charge in [-0.3, -0.25) is 0 Å². The quantitative estimate of drug-likeness (QED) is 0.182. The van der Waals surface area contributed by atoms with E-state index in [1.165, 1.54) is 61.9 Å². The summed E-state index contributed by atoms with van der Waals surface area (Å²) in [6.07, 6.45) is 0. The third-order valence-electron chi connectivity index (χ3n) is 8.61. The number of hydrogen-bond acceptors (Lipinski definition) is 4. The Labute approximate surface area is 247 Å². The van der Waals surface area contributed by atoms with Crippen LogP contribution in [0, 0.1) is 0 Å². The normalized spacial score (nSPS) is 12.3. The highest BCUT2D eigenvalue weighted by molar-refractivity contribution is 7.26. The molecule has 0 unspecified atom stereocenters. The van der Waals surface area contributed by atoms with Crippen molar-refractivity contribution in [2.24, 2.45) is 0 Å². The molecular formula is C38H20N2S2. The molecular weight excluding hydrogens is 549 g/mol. The summed E-state index contributed by atoms with van der Waals surface area (Å²) in [4.78, 5) is 10.8. The molecule has 0 aliphatic rings. The van der Waals surface area contributed by atoms with E-state index in [2.05, 4.69) is 121 Å². The van der Waals surface area contributed by atoms with Crippen LogP contribution in [-0.4, -0.2) is 9.97 Å². The summed E-state index contributed by atoms with van der Waals surface area (Å²) in [5, 5.41) is 13.0. The fraction of sp³-hybridized carbons (Fsp3) is 0. The number of thiophene rings is 2. The Bertz CT molecular complexity index is 2800. The summed E-state index contributed by atoms with van der Waals surface area (Å²) in [6, 6.07) is 44.3. The number of aromatic nitrogens is 2. The Hall–Kier alpha value is -4.90. The molecule has 0 N–H and O–H groups in total. The lowest BCUT2D eigenvalue weighted by Gasteiger charge is -2.07. The van der Waals surface area contributed by atoms with E-state index in [0.29, 0.717) is 0 Å². The maximum absolute atomic E-state index is 5.42. The number of hydrogen-bond donors (Lipinski definition) is 0. The van der Waals surface area contributed by atoms with Gasteiger partial charge in [0.25, 0.3) is 0 Å². The summed E-state index contributed by atoms with van der Waals surface area (Å²) in [6.45, 7) is 0. The van der Waals surface area contributed by atoms with Crippen LogP contribution in [-0.2, 0) is 0 Å². The van der Waals surface area contributed by atoms with Crippen molar-refractivity contribution in [2.75, 3.05) is 0 Å². The third-order valence-corrected chi connectivity index (χ3v) is 10.9. The van der Waals surface area contributed by atoms with E-state index < -0.39 is 0 Å². The average molecular weight is 569 g/mol. The van der Waals surface area contributed by atoms with Crippen LogP contribution in [0.15, 0.2) is 121 Å². The molecule has 0 spiro atoms. The van der Waals surface area contributed by atoms with Gasteiger partial charge in [0.2, 0.25) is 0 Å². The number of nitrogens with zero attached hydrogens (tertiary/aromatic N) is 2. The topological polar surface area (TPSA) is 25.8 Å². The largest absolute Gasteiger partial charge is 0.227 e. The van der Waals surface area contributed by atoms with Crippen LogP contribution < -0.4 is 0 Å². The van der Waals surface area contributed by atoms with Crippen molar-refractivity contribution in [1.82, 2.24) is 9.97 Å². The lowest BCUT2D eigenvalue weighted by atomic mass is 10.0. The SMILES string of the molecule is c1cc2cc(c1)c1ccc3sc4cccc(c5nc(c6cccc2c6)c2ccc6sc7ccccc7c6c2n5)c4c3c1. The minimum absolute atomic E-state index is 0.775. The molecule has 0 radical (unpaired) electrons. The summed E-state index contributed by atoms with van der Waals surface area (Å²) in [7, 11) is 0. The first-order valence-corrected chi connectivity index (χ1v) is 15.7. The van der Waals surface area contributed by atoms with Crippen LogP contribution in [0.25, 0.3) is 94.7 Å². The zero-order valence-corrected chi connectivity index (χ0v) is 23.9. The molecule has 4 heteroatoms. The van der Waals surface area contributed by atoms with Crippen LogP contribution in [0.4, 0.5) is 0 Å². The average Bonchev–Trinajstić information content (AvgIpc) is 3.62. The zero-order valence-electron chi connectivity index (χ0n) is 22.3. The lowest BCUT2D eigenvalue weighted by Crippen LogP contribution is -1.89. The maximum atomic E-state index is 5.42. The van der Waals surface area contributed by atoms with Crippen molar-refractivity contribution < 1.29 is 0 Å². The highest BCUT2D eigenvalue weighted by Crippen LogP contribution is 2.41. The van der Waals surface area contributed by atoms with Gasteiger partial charge in [0.1, 0.15) is 0 Å². The van der Waals surface area contributed by atoms with Crippen molar-refractivity contribution >= 4 is 117 Å². The van der Waals surface area contributed by atoms with Gasteiger partial charge in [0.15, 0.2) is 5.65 Å². The van der Waals surface area contributed by atoms with Gasteiger partial charge in [-0.1, -0.05) is 72.8 Å². The highest BCUT2D eigenvalue weighted by atomic mass is 32.1. The Kier molecular flexibility index (Phi) is 4.51. The van der Waals surface area contributed by atoms with Crippen molar-refractivity contribution in [3.8, 4) is 0 Å². The van der Waals surface area contributed by atoms with E-state index in [-0.39, 0.29) is 0 Å². The van der Waals surface area contributed by atoms with Crippen LogP contribution in [0.3, 0.4) is 0 Å². The van der Waals surface area contributed by atoms with Gasteiger partial charge in [-0.15, -0.1) is 22.7 Å². The first-order valence-electron chi connectivity index (χ1n) is 14.1. The minimum Gasteiger partial charge on any atom is -0.227 e. The van der Waals surface area contributed by atoms with Crippen molar-refractivity contribution in [3.05, 3.63) is 121 Å². The molecule has 0 fully saturated rings. The second-order valence-electron chi connectivity index (χ2n) is 11.0. The molecule has 42 heavy (non-hydrogen) atoms. The van der Waals surface area contributed by atoms with Gasteiger partial charge < -0.3 is 0 Å². The summed E-state index contributed by atoms with van der Waals surface area (Å²) in [5.41, 5.74) is 2.76. The number of fused-ring (bicyclic) bond motifs is 17. The van der Waals surface area contributed by atoms with Gasteiger partial charge >= 0.3 is 0 Å². The summed E-state index contributed by atoms with van der Waals surface area (Å²) < 4.78 is 5.07. The van der Waals surface area contributed by atoms with E-state index in [1.807, 2.05) is 22.7 Å². The molecule has 0 aliphatic carbocycles. The van der Waals surface area contributed by atoms with E-state index in [0.717, 1.165) is 32.8 Å². The van der Waals surface area contributed by atoms with Crippen molar-refractivity contribution in [1.29, 1.82) is 0 Å². The van der Waals surface area contributed by atoms with Gasteiger partial charge in [-0.25, -0.2) is 9.97 Å². The summed E-state index contributed by atoms with van der Waals surface area (Å²) in [5.74, 6) is 0. The molecule has 6 aromatic carbocycles. The fourth-order valence-electron chi connectivity index (χ4n) is 6.66. The Morgan fingerprint density at radius 3 is 1.81 bits per heavy atom. The fourth-order valence-corrected chi connectivity index (χ4v) is 8.88. The van der Waals surface area contributed by atoms with Gasteiger partial charge in [0, 0.05) is 56.5 Å². The minimum atomic E-state index is 0.775. The maximum Gasteiger partial charge on any atom is 0.161 e. The molecule has 10 rings (SSSR count). The molecule has 4 heterocycles. The second kappa shape index (κ2) is 8.32. The molecule has 0 atom stereocenters. The highest BCUT2D eigenvalue weighted by Gasteiger charge is 2.15. The molecule has 194 valence electrons. The Morgan fingerprint density at radius 1 is 0.357 bits per heavy atom. The second-order valence-corrected chi connectivity index (χ2v) is 13.1. The van der Waals surface area contributed by atoms with Crippen LogP contribution >= 0.6 is 22.7 Å². The van der Waals surface area contributed by atoms with E-state index in [9.17, 15) is 0 Å². The molecule has 0 saturated carbocycles. The molecule has 0 amide bonds. The number of benzene rings is 6. The van der Waals surface area contributed by atoms with Crippen LogP contribution in [0.1, 0.15) is 0 Å². The first kappa shape index (κ1) is 22.8. The predicted molar refractivity (Wildman–Crippen MR) is 184 cm³/mol. The monoisotopic (exact) mass is 568 g/mol. The molecule has 4 aromatic heterocycles. The number of rotatable bonds is 0. The predicted octanol–water partition coefficient (Wildman–Crippen LogP) is 11.5. The van der Waals surface area contributed by atoms with E-state index >= 15 is 0 Å². The molecule has 2 nitrogen and oxygen atoms in total. The van der Waals surface area contributed by atoms with Crippen molar-refractivity contribution in [3.63, 3.8) is 0 Å². The molecule has 8 bridgehead atoms. The van der Waals surface area contributed by atoms with Gasteiger partial charge in [-0.05, 0) is 70.1 Å².